The van der Waals surface area contributed by atoms with E-state index < -0.39 is 6.10 Å². The Balaban J connectivity index is 2.30. The van der Waals surface area contributed by atoms with Crippen molar-refractivity contribution in [2.45, 2.75) is 46.1 Å². The minimum absolute atomic E-state index is 0.156. The first-order valence-corrected chi connectivity index (χ1v) is 7.71. The van der Waals surface area contributed by atoms with Crippen molar-refractivity contribution in [1.82, 2.24) is 0 Å². The molecular formula is C16H22Cl2O. The van der Waals surface area contributed by atoms with Crippen LogP contribution in [0.5, 0.6) is 0 Å². The van der Waals surface area contributed by atoms with Crippen molar-refractivity contribution in [3.8, 4) is 0 Å². The first-order valence-electron chi connectivity index (χ1n) is 6.96. The largest absolute Gasteiger partial charge is 0.388 e. The quantitative estimate of drug-likeness (QED) is 0.766. The zero-order chi connectivity index (χ0) is 14.2. The average molecular weight is 301 g/mol. The summed E-state index contributed by atoms with van der Waals surface area (Å²) in [6.07, 6.45) is 3.13. The van der Waals surface area contributed by atoms with E-state index in [1.807, 2.05) is 6.07 Å². The van der Waals surface area contributed by atoms with Crippen molar-refractivity contribution < 1.29 is 5.11 Å². The highest BCUT2D eigenvalue weighted by atomic mass is 35.5. The molecule has 0 radical (unpaired) electrons. The van der Waals surface area contributed by atoms with E-state index in [2.05, 4.69) is 20.8 Å². The van der Waals surface area contributed by atoms with Gasteiger partial charge in [-0.3, -0.25) is 0 Å². The Kier molecular flexibility index (Phi) is 4.49. The molecule has 19 heavy (non-hydrogen) atoms. The average Bonchev–Trinajstić information content (AvgIpc) is 2.31. The van der Waals surface area contributed by atoms with Gasteiger partial charge in [0.2, 0.25) is 0 Å². The first kappa shape index (κ1) is 15.2. The first-order chi connectivity index (χ1) is 8.83. The Hall–Kier alpha value is -0.240. The summed E-state index contributed by atoms with van der Waals surface area (Å²) in [5.41, 5.74) is 1.03. The molecule has 3 heteroatoms. The van der Waals surface area contributed by atoms with Crippen LogP contribution in [-0.2, 0) is 0 Å². The number of hydrogen-bond acceptors (Lipinski definition) is 1. The summed E-state index contributed by atoms with van der Waals surface area (Å²) < 4.78 is 0. The molecule has 1 fully saturated rings. The highest BCUT2D eigenvalue weighted by molar-refractivity contribution is 6.42. The predicted molar refractivity (Wildman–Crippen MR) is 81.7 cm³/mol. The van der Waals surface area contributed by atoms with Crippen LogP contribution in [0.15, 0.2) is 18.2 Å². The minimum Gasteiger partial charge on any atom is -0.388 e. The molecule has 3 atom stereocenters. The maximum absolute atomic E-state index is 10.8. The molecule has 0 bridgehead atoms. The van der Waals surface area contributed by atoms with Crippen LogP contribution >= 0.6 is 23.2 Å². The van der Waals surface area contributed by atoms with Gasteiger partial charge < -0.3 is 5.11 Å². The molecule has 0 spiro atoms. The zero-order valence-electron chi connectivity index (χ0n) is 11.8. The monoisotopic (exact) mass is 300 g/mol. The third-order valence-electron chi connectivity index (χ3n) is 4.62. The van der Waals surface area contributed by atoms with Gasteiger partial charge in [0.05, 0.1) is 16.1 Å². The minimum atomic E-state index is -0.472. The number of hydrogen-bond donors (Lipinski definition) is 1. The standard InChI is InChI=1S/C16H22Cl2O/c1-10-5-4-8-16(2,3)14(10)15(19)11-6-7-12(17)13(18)9-11/h6-7,9-10,14-15,19H,4-5,8H2,1-3H3/t10-,14-,15-/m0/s1. The van der Waals surface area contributed by atoms with E-state index in [0.29, 0.717) is 16.0 Å². The van der Waals surface area contributed by atoms with Crippen molar-refractivity contribution in [1.29, 1.82) is 0 Å². The zero-order valence-corrected chi connectivity index (χ0v) is 13.3. The van der Waals surface area contributed by atoms with E-state index >= 15 is 0 Å². The molecule has 0 unspecified atom stereocenters. The van der Waals surface area contributed by atoms with Crippen LogP contribution in [0.25, 0.3) is 0 Å². The maximum Gasteiger partial charge on any atom is 0.0826 e. The summed E-state index contributed by atoms with van der Waals surface area (Å²) in [4.78, 5) is 0. The van der Waals surface area contributed by atoms with Gasteiger partial charge in [-0.2, -0.15) is 0 Å². The van der Waals surface area contributed by atoms with Crippen LogP contribution in [-0.4, -0.2) is 5.11 Å². The Morgan fingerprint density at radius 1 is 1.26 bits per heavy atom. The van der Waals surface area contributed by atoms with Gasteiger partial charge in [-0.15, -0.1) is 0 Å². The second kappa shape index (κ2) is 5.63. The van der Waals surface area contributed by atoms with Gasteiger partial charge in [0.15, 0.2) is 0 Å². The van der Waals surface area contributed by atoms with Crippen LogP contribution in [0, 0.1) is 17.3 Å². The molecule has 1 aromatic rings. The molecular weight excluding hydrogens is 279 g/mol. The van der Waals surface area contributed by atoms with Gasteiger partial charge in [0.25, 0.3) is 0 Å². The summed E-state index contributed by atoms with van der Waals surface area (Å²) in [6, 6.07) is 5.45. The highest BCUT2D eigenvalue weighted by Gasteiger charge is 2.41. The summed E-state index contributed by atoms with van der Waals surface area (Å²) in [5, 5.41) is 11.8. The van der Waals surface area contributed by atoms with E-state index in [4.69, 9.17) is 23.2 Å². The Morgan fingerprint density at radius 2 is 1.95 bits per heavy atom. The summed E-state index contributed by atoms with van der Waals surface area (Å²) in [5.74, 6) is 0.784. The summed E-state index contributed by atoms with van der Waals surface area (Å²) in [7, 11) is 0. The molecule has 1 aliphatic rings. The fourth-order valence-electron chi connectivity index (χ4n) is 3.64. The van der Waals surface area contributed by atoms with E-state index in [1.165, 1.54) is 19.3 Å². The van der Waals surface area contributed by atoms with Crippen molar-refractivity contribution in [2.24, 2.45) is 17.3 Å². The van der Waals surface area contributed by atoms with Gasteiger partial charge in [-0.05, 0) is 41.4 Å². The topological polar surface area (TPSA) is 20.2 Å². The third-order valence-corrected chi connectivity index (χ3v) is 5.36. The van der Waals surface area contributed by atoms with E-state index in [1.54, 1.807) is 12.1 Å². The number of rotatable bonds is 2. The molecule has 0 amide bonds. The molecule has 1 nitrogen and oxygen atoms in total. The third kappa shape index (κ3) is 3.09. The Morgan fingerprint density at radius 3 is 2.53 bits per heavy atom. The lowest BCUT2D eigenvalue weighted by Gasteiger charge is -2.45. The van der Waals surface area contributed by atoms with Crippen molar-refractivity contribution in [2.75, 3.05) is 0 Å². The van der Waals surface area contributed by atoms with Crippen LogP contribution < -0.4 is 0 Å². The number of aliphatic hydroxyl groups is 1. The molecule has 0 aliphatic heterocycles. The summed E-state index contributed by atoms with van der Waals surface area (Å²) >= 11 is 12.0. The number of benzene rings is 1. The van der Waals surface area contributed by atoms with Crippen molar-refractivity contribution >= 4 is 23.2 Å². The smallest absolute Gasteiger partial charge is 0.0826 e. The van der Waals surface area contributed by atoms with E-state index in [0.717, 1.165) is 5.56 Å². The molecule has 106 valence electrons. The van der Waals surface area contributed by atoms with Gasteiger partial charge >= 0.3 is 0 Å². The SMILES string of the molecule is C[C@H]1CCCC(C)(C)[C@@H]1[C@@H](O)c1ccc(Cl)c(Cl)c1. The van der Waals surface area contributed by atoms with Gasteiger partial charge in [-0.25, -0.2) is 0 Å². The second-order valence-corrected chi connectivity index (χ2v) is 7.32. The fourth-order valence-corrected chi connectivity index (χ4v) is 3.94. The second-order valence-electron chi connectivity index (χ2n) is 6.50. The summed E-state index contributed by atoms with van der Waals surface area (Å²) in [6.45, 7) is 6.76. The van der Waals surface area contributed by atoms with Gasteiger partial charge in [0, 0.05) is 0 Å². The lowest BCUT2D eigenvalue weighted by Crippen LogP contribution is -2.37. The van der Waals surface area contributed by atoms with Crippen molar-refractivity contribution in [3.63, 3.8) is 0 Å². The Bertz CT molecular complexity index is 456. The normalized spacial score (nSPS) is 28.1. The fraction of sp³-hybridized carbons (Fsp3) is 0.625. The van der Waals surface area contributed by atoms with Gasteiger partial charge in [-0.1, -0.05) is 62.9 Å². The molecule has 2 rings (SSSR count). The Labute approximate surface area is 125 Å². The van der Waals surface area contributed by atoms with Crippen LogP contribution in [0.2, 0.25) is 10.0 Å². The molecule has 1 saturated carbocycles. The molecule has 1 aromatic carbocycles. The van der Waals surface area contributed by atoms with Crippen LogP contribution in [0.3, 0.4) is 0 Å². The van der Waals surface area contributed by atoms with E-state index in [9.17, 15) is 5.11 Å². The number of halogens is 2. The van der Waals surface area contributed by atoms with Crippen LogP contribution in [0.4, 0.5) is 0 Å². The molecule has 1 aliphatic carbocycles. The van der Waals surface area contributed by atoms with Gasteiger partial charge in [0.1, 0.15) is 0 Å². The highest BCUT2D eigenvalue weighted by Crippen LogP contribution is 2.49. The molecule has 1 N–H and O–H groups in total. The van der Waals surface area contributed by atoms with Crippen molar-refractivity contribution in [3.05, 3.63) is 33.8 Å². The molecule has 0 saturated heterocycles. The predicted octanol–water partition coefficient (Wildman–Crippen LogP) is 5.49. The number of aliphatic hydroxyl groups excluding tert-OH is 1. The lowest BCUT2D eigenvalue weighted by molar-refractivity contribution is -0.0292. The maximum atomic E-state index is 10.8. The van der Waals surface area contributed by atoms with E-state index in [-0.39, 0.29) is 11.3 Å². The molecule has 0 heterocycles. The van der Waals surface area contributed by atoms with Crippen LogP contribution in [0.1, 0.15) is 51.7 Å². The molecule has 0 aromatic heterocycles. The lowest BCUT2D eigenvalue weighted by atomic mass is 9.61.